The first-order valence-electron chi connectivity index (χ1n) is 9.58. The number of rotatable bonds is 7. The zero-order valence-corrected chi connectivity index (χ0v) is 18.5. The maximum absolute atomic E-state index is 12.2. The zero-order chi connectivity index (χ0) is 21.5. The highest BCUT2D eigenvalue weighted by atomic mass is 16.5. The van der Waals surface area contributed by atoms with Crippen LogP contribution in [0.3, 0.4) is 0 Å². The lowest BCUT2D eigenvalue weighted by atomic mass is 9.78. The smallest absolute Gasteiger partial charge is 0.379 e. The Hall–Kier alpha value is -2.36. The molecule has 0 saturated carbocycles. The van der Waals surface area contributed by atoms with Gasteiger partial charge in [-0.05, 0) is 53.5 Å². The van der Waals surface area contributed by atoms with Gasteiger partial charge in [0.15, 0.2) is 0 Å². The number of hydrogen-bond donors (Lipinski definition) is 0. The first-order valence-corrected chi connectivity index (χ1v) is 9.58. The number of ether oxygens (including phenoxy) is 2. The number of allylic oxidation sites excluding steroid dienone is 2. The third kappa shape index (κ3) is 8.12. The van der Waals surface area contributed by atoms with Crippen LogP contribution in [0.5, 0.6) is 5.75 Å². The summed E-state index contributed by atoms with van der Waals surface area (Å²) in [6.07, 6.45) is 6.75. The number of methoxy groups -OCH3 is 1. The lowest BCUT2D eigenvalue weighted by Gasteiger charge is -2.34. The molecule has 1 atom stereocenters. The van der Waals surface area contributed by atoms with E-state index in [1.54, 1.807) is 19.3 Å². The third-order valence-electron chi connectivity index (χ3n) is 4.34. The third-order valence-corrected chi connectivity index (χ3v) is 4.34. The van der Waals surface area contributed by atoms with Gasteiger partial charge in [-0.25, -0.2) is 4.79 Å². The number of benzene rings is 1. The summed E-state index contributed by atoms with van der Waals surface area (Å²) < 4.78 is 10.8. The van der Waals surface area contributed by atoms with Crippen LogP contribution >= 0.6 is 0 Å². The van der Waals surface area contributed by atoms with Gasteiger partial charge in [0.2, 0.25) is 0 Å². The Bertz CT molecular complexity index is 743. The second kappa shape index (κ2) is 9.72. The Labute approximate surface area is 169 Å². The molecule has 0 radical (unpaired) electrons. The van der Waals surface area contributed by atoms with Gasteiger partial charge < -0.3 is 9.47 Å². The number of esters is 1. The van der Waals surface area contributed by atoms with Crippen LogP contribution in [0.25, 0.3) is 6.08 Å². The molecule has 1 aromatic carbocycles. The summed E-state index contributed by atoms with van der Waals surface area (Å²) >= 11 is 0. The molecule has 4 nitrogen and oxygen atoms in total. The van der Waals surface area contributed by atoms with Crippen LogP contribution < -0.4 is 4.74 Å². The monoisotopic (exact) mass is 386 g/mol. The molecule has 0 aliphatic rings. The Morgan fingerprint density at radius 2 is 1.71 bits per heavy atom. The van der Waals surface area contributed by atoms with Crippen molar-refractivity contribution in [2.45, 2.75) is 61.0 Å². The van der Waals surface area contributed by atoms with E-state index < -0.39 is 11.8 Å². The minimum atomic E-state index is -0.814. The fourth-order valence-corrected chi connectivity index (χ4v) is 2.56. The minimum absolute atomic E-state index is 0.00550. The maximum atomic E-state index is 12.2. The molecule has 0 saturated heterocycles. The predicted molar refractivity (Wildman–Crippen MR) is 114 cm³/mol. The molecule has 0 spiro atoms. The largest absolute Gasteiger partial charge is 0.497 e. The van der Waals surface area contributed by atoms with E-state index in [0.29, 0.717) is 6.42 Å². The molecule has 0 bridgehead atoms. The van der Waals surface area contributed by atoms with E-state index in [1.807, 2.05) is 52.0 Å². The van der Waals surface area contributed by atoms with E-state index in [4.69, 9.17) is 9.47 Å². The maximum Gasteiger partial charge on any atom is 0.379 e. The molecule has 154 valence electrons. The van der Waals surface area contributed by atoms with E-state index in [9.17, 15) is 9.59 Å². The van der Waals surface area contributed by atoms with E-state index in [2.05, 4.69) is 20.8 Å². The molecular weight excluding hydrogens is 352 g/mol. The van der Waals surface area contributed by atoms with E-state index >= 15 is 0 Å². The quantitative estimate of drug-likeness (QED) is 0.267. The molecule has 0 N–H and O–H groups in total. The van der Waals surface area contributed by atoms with Crippen molar-refractivity contribution in [3.05, 3.63) is 47.6 Å². The van der Waals surface area contributed by atoms with Gasteiger partial charge in [0.1, 0.15) is 11.9 Å². The normalized spacial score (nSPS) is 13.7. The summed E-state index contributed by atoms with van der Waals surface area (Å²) in [5.41, 5.74) is 1.83. The summed E-state index contributed by atoms with van der Waals surface area (Å²) in [6, 6.07) is 5.77. The van der Waals surface area contributed by atoms with E-state index in [1.165, 1.54) is 6.08 Å². The van der Waals surface area contributed by atoms with Crippen molar-refractivity contribution in [3.8, 4) is 5.75 Å². The van der Waals surface area contributed by atoms with Gasteiger partial charge in [0.05, 0.1) is 7.11 Å². The summed E-state index contributed by atoms with van der Waals surface area (Å²) in [5, 5.41) is 0. The number of carbonyl (C=O) groups excluding carboxylic acids is 2. The number of carbonyl (C=O) groups is 2. The average Bonchev–Trinajstić information content (AvgIpc) is 2.57. The molecule has 0 aliphatic heterocycles. The molecule has 4 heteroatoms. The summed E-state index contributed by atoms with van der Waals surface area (Å²) in [4.78, 5) is 24.4. The fourth-order valence-electron chi connectivity index (χ4n) is 2.56. The molecule has 0 heterocycles. The van der Waals surface area contributed by atoms with Crippen LogP contribution in [0, 0.1) is 17.8 Å². The van der Waals surface area contributed by atoms with Crippen LogP contribution in [0.1, 0.15) is 59.1 Å². The van der Waals surface area contributed by atoms with Gasteiger partial charge in [-0.1, -0.05) is 65.8 Å². The van der Waals surface area contributed by atoms with Gasteiger partial charge in [-0.2, -0.15) is 0 Å². The molecule has 1 unspecified atom stereocenters. The van der Waals surface area contributed by atoms with Crippen LogP contribution in [-0.4, -0.2) is 25.0 Å². The van der Waals surface area contributed by atoms with Crippen molar-refractivity contribution in [2.75, 3.05) is 7.11 Å². The van der Waals surface area contributed by atoms with E-state index in [0.717, 1.165) is 16.9 Å². The number of hydrogen-bond acceptors (Lipinski definition) is 4. The number of ketones is 1. The predicted octanol–water partition coefficient (Wildman–Crippen LogP) is 5.54. The van der Waals surface area contributed by atoms with Crippen molar-refractivity contribution >= 4 is 17.8 Å². The highest BCUT2D eigenvalue weighted by Crippen LogP contribution is 2.32. The molecule has 1 aromatic rings. The zero-order valence-electron chi connectivity index (χ0n) is 18.5. The van der Waals surface area contributed by atoms with Crippen LogP contribution in [0.15, 0.2) is 36.4 Å². The van der Waals surface area contributed by atoms with Crippen molar-refractivity contribution < 1.29 is 19.1 Å². The number of aryl methyl sites for hydroxylation is 1. The lowest BCUT2D eigenvalue weighted by molar-refractivity contribution is -0.162. The van der Waals surface area contributed by atoms with Crippen LogP contribution in [0.2, 0.25) is 0 Å². The van der Waals surface area contributed by atoms with Gasteiger partial charge in [-0.15, -0.1) is 0 Å². The van der Waals surface area contributed by atoms with Gasteiger partial charge in [-0.3, -0.25) is 4.79 Å². The molecule has 0 amide bonds. The van der Waals surface area contributed by atoms with Crippen molar-refractivity contribution in [3.63, 3.8) is 0 Å². The molecular formula is C24H34O4. The van der Waals surface area contributed by atoms with Gasteiger partial charge in [0.25, 0.3) is 5.78 Å². The second-order valence-electron chi connectivity index (χ2n) is 9.33. The van der Waals surface area contributed by atoms with Crippen LogP contribution in [-0.2, 0) is 14.3 Å². The summed E-state index contributed by atoms with van der Waals surface area (Å²) in [6.45, 7) is 14.3. The molecule has 0 aliphatic carbocycles. The average molecular weight is 387 g/mol. The van der Waals surface area contributed by atoms with Crippen molar-refractivity contribution in [1.82, 2.24) is 0 Å². The van der Waals surface area contributed by atoms with Crippen LogP contribution in [0.4, 0.5) is 0 Å². The molecule has 1 rings (SSSR count). The highest BCUT2D eigenvalue weighted by molar-refractivity contribution is 6.38. The Balaban J connectivity index is 2.76. The van der Waals surface area contributed by atoms with E-state index in [-0.39, 0.29) is 16.9 Å². The Morgan fingerprint density at radius 3 is 2.25 bits per heavy atom. The SMILES string of the molecule is COc1ccc(C)c(C=CC=CC(=O)C(=O)OC(CC(C)(C)C)C(C)(C)C)c1. The molecule has 0 fully saturated rings. The summed E-state index contributed by atoms with van der Waals surface area (Å²) in [5.74, 6) is -0.706. The Kier molecular flexibility index (Phi) is 8.22. The van der Waals surface area contributed by atoms with Gasteiger partial charge in [0, 0.05) is 0 Å². The highest BCUT2D eigenvalue weighted by Gasteiger charge is 2.33. The second-order valence-corrected chi connectivity index (χ2v) is 9.33. The Morgan fingerprint density at radius 1 is 1.07 bits per heavy atom. The molecule has 0 aromatic heterocycles. The van der Waals surface area contributed by atoms with Crippen molar-refractivity contribution in [2.24, 2.45) is 10.8 Å². The topological polar surface area (TPSA) is 52.6 Å². The first-order chi connectivity index (χ1) is 12.8. The summed E-state index contributed by atoms with van der Waals surface area (Å²) in [7, 11) is 1.62. The molecule has 28 heavy (non-hydrogen) atoms. The van der Waals surface area contributed by atoms with Crippen molar-refractivity contribution in [1.29, 1.82) is 0 Å². The first kappa shape index (κ1) is 23.7. The lowest BCUT2D eigenvalue weighted by Crippen LogP contribution is -2.36. The minimum Gasteiger partial charge on any atom is -0.497 e. The standard InChI is InChI=1S/C24H34O4/c1-17-13-14-19(27-8)15-18(17)11-9-10-12-20(25)22(26)28-21(24(5,6)7)16-23(2,3)4/h9-15,21H,16H2,1-8H3. The fraction of sp³-hybridized carbons (Fsp3) is 0.500. The van der Waals surface area contributed by atoms with Gasteiger partial charge >= 0.3 is 5.97 Å².